The lowest BCUT2D eigenvalue weighted by atomic mass is 9.98. The van der Waals surface area contributed by atoms with Gasteiger partial charge < -0.3 is 9.88 Å². The molecule has 0 spiro atoms. The molecule has 4 rings (SSSR count). The Bertz CT molecular complexity index is 782. The third-order valence-corrected chi connectivity index (χ3v) is 4.35. The quantitative estimate of drug-likeness (QED) is 0.785. The summed E-state index contributed by atoms with van der Waals surface area (Å²) in [5.74, 6) is 0.146. The molecule has 4 heterocycles. The van der Waals surface area contributed by atoms with Crippen LogP contribution in [-0.4, -0.2) is 34.7 Å². The van der Waals surface area contributed by atoms with Crippen molar-refractivity contribution in [2.75, 3.05) is 24.7 Å². The van der Waals surface area contributed by atoms with Gasteiger partial charge in [-0.3, -0.25) is 4.39 Å². The second kappa shape index (κ2) is 4.98. The zero-order valence-corrected chi connectivity index (χ0v) is 11.7. The highest BCUT2D eigenvalue weighted by molar-refractivity contribution is 6.09. The number of rotatable bonds is 2. The van der Waals surface area contributed by atoms with Crippen LogP contribution in [-0.2, 0) is 0 Å². The van der Waals surface area contributed by atoms with E-state index in [0.29, 0.717) is 0 Å². The first-order valence-corrected chi connectivity index (χ1v) is 7.38. The molecule has 0 radical (unpaired) electrons. The van der Waals surface area contributed by atoms with Crippen LogP contribution in [0.3, 0.4) is 0 Å². The fraction of sp³-hybridized carbons (Fsp3) is 0.375. The van der Waals surface area contributed by atoms with E-state index < -0.39 is 0 Å². The minimum atomic E-state index is -0.234. The van der Waals surface area contributed by atoms with Crippen LogP contribution in [0.5, 0.6) is 0 Å². The molecular formula is C16H17FN4. The topological polar surface area (TPSA) is 44.8 Å². The molecule has 1 fully saturated rings. The minimum Gasteiger partial charge on any atom is -0.371 e. The molecule has 1 aliphatic heterocycles. The number of anilines is 1. The molecule has 21 heavy (non-hydrogen) atoms. The number of halogens is 1. The third kappa shape index (κ3) is 2.04. The number of hydrogen-bond acceptors (Lipinski definition) is 3. The van der Waals surface area contributed by atoms with Gasteiger partial charge in [-0.25, -0.2) is 9.97 Å². The van der Waals surface area contributed by atoms with Gasteiger partial charge in [0.15, 0.2) is 5.65 Å². The molecule has 108 valence electrons. The van der Waals surface area contributed by atoms with Crippen molar-refractivity contribution in [1.29, 1.82) is 0 Å². The van der Waals surface area contributed by atoms with Crippen LogP contribution in [0.1, 0.15) is 12.8 Å². The van der Waals surface area contributed by atoms with Gasteiger partial charge in [0.25, 0.3) is 0 Å². The largest absolute Gasteiger partial charge is 0.371 e. The number of nitrogens with zero attached hydrogens (tertiary/aromatic N) is 3. The summed E-state index contributed by atoms with van der Waals surface area (Å²) in [5, 5.41) is 2.20. The van der Waals surface area contributed by atoms with E-state index in [1.54, 1.807) is 6.20 Å². The number of aromatic nitrogens is 3. The molecule has 4 nitrogen and oxygen atoms in total. The summed E-state index contributed by atoms with van der Waals surface area (Å²) in [4.78, 5) is 14.2. The van der Waals surface area contributed by atoms with Crippen molar-refractivity contribution < 1.29 is 4.39 Å². The number of fused-ring (bicyclic) bond motifs is 3. The summed E-state index contributed by atoms with van der Waals surface area (Å²) in [6, 6.07) is 4.08. The fourth-order valence-electron chi connectivity index (χ4n) is 3.31. The number of hydrogen-bond donors (Lipinski definition) is 1. The predicted molar refractivity (Wildman–Crippen MR) is 82.3 cm³/mol. The molecule has 1 N–H and O–H groups in total. The highest BCUT2D eigenvalue weighted by Crippen LogP contribution is 2.33. The zero-order valence-electron chi connectivity index (χ0n) is 11.7. The molecule has 0 bridgehead atoms. The number of H-pyrrole nitrogens is 1. The Morgan fingerprint density at radius 3 is 3.19 bits per heavy atom. The lowest BCUT2D eigenvalue weighted by molar-refractivity contribution is 0.316. The Balaban J connectivity index is 1.89. The van der Waals surface area contributed by atoms with Crippen LogP contribution < -0.4 is 4.90 Å². The van der Waals surface area contributed by atoms with Gasteiger partial charge in [-0.2, -0.15) is 0 Å². The van der Waals surface area contributed by atoms with Crippen LogP contribution in [0.25, 0.3) is 21.9 Å². The standard InChI is InChI=1S/C16H17FN4/c17-8-11-2-1-7-21(10-11)14-4-6-18-13-9-20-16-12(15(13)14)3-5-19-16/h3-6,9,11,18H,1-2,7-8,10H2. The Morgan fingerprint density at radius 2 is 2.29 bits per heavy atom. The maximum Gasteiger partial charge on any atom is 0.159 e. The molecule has 0 aliphatic carbocycles. The number of aromatic amines is 1. The summed E-state index contributed by atoms with van der Waals surface area (Å²) in [6.45, 7) is 1.53. The van der Waals surface area contributed by atoms with Crippen molar-refractivity contribution in [2.24, 2.45) is 5.92 Å². The third-order valence-electron chi connectivity index (χ3n) is 4.35. The monoisotopic (exact) mass is 284 g/mol. The number of pyridine rings is 2. The molecule has 3 aromatic heterocycles. The molecule has 1 atom stereocenters. The smallest absolute Gasteiger partial charge is 0.159 e. The zero-order chi connectivity index (χ0) is 14.2. The van der Waals surface area contributed by atoms with Gasteiger partial charge >= 0.3 is 0 Å². The van der Waals surface area contributed by atoms with E-state index in [1.165, 1.54) is 0 Å². The second-order valence-electron chi connectivity index (χ2n) is 5.70. The van der Waals surface area contributed by atoms with Gasteiger partial charge in [-0.1, -0.05) is 0 Å². The van der Waals surface area contributed by atoms with Gasteiger partial charge in [0.1, 0.15) is 0 Å². The first-order valence-electron chi connectivity index (χ1n) is 7.38. The van der Waals surface area contributed by atoms with Crippen LogP contribution in [0, 0.1) is 5.92 Å². The Labute approximate surface area is 122 Å². The van der Waals surface area contributed by atoms with Gasteiger partial charge in [-0.05, 0) is 25.0 Å². The summed E-state index contributed by atoms with van der Waals surface area (Å²) >= 11 is 0. The molecule has 3 aromatic rings. The van der Waals surface area contributed by atoms with E-state index >= 15 is 0 Å². The highest BCUT2D eigenvalue weighted by atomic mass is 19.1. The van der Waals surface area contributed by atoms with E-state index in [4.69, 9.17) is 0 Å². The van der Waals surface area contributed by atoms with Crippen molar-refractivity contribution in [3.05, 3.63) is 30.7 Å². The van der Waals surface area contributed by atoms with Gasteiger partial charge in [0.05, 0.1) is 18.4 Å². The summed E-state index contributed by atoms with van der Waals surface area (Å²) in [5.41, 5.74) is 2.92. The average molecular weight is 284 g/mol. The van der Waals surface area contributed by atoms with Gasteiger partial charge in [0.2, 0.25) is 0 Å². The predicted octanol–water partition coefficient (Wildman–Crippen LogP) is 3.30. The Hall–Kier alpha value is -2.17. The Kier molecular flexibility index (Phi) is 2.98. The van der Waals surface area contributed by atoms with Crippen molar-refractivity contribution >= 4 is 27.6 Å². The van der Waals surface area contributed by atoms with Crippen LogP contribution in [0.4, 0.5) is 10.1 Å². The average Bonchev–Trinajstić information content (AvgIpc) is 3.03. The van der Waals surface area contributed by atoms with E-state index in [1.807, 2.05) is 18.5 Å². The summed E-state index contributed by atoms with van der Waals surface area (Å²) in [6.07, 6.45) is 7.57. The van der Waals surface area contributed by atoms with E-state index in [9.17, 15) is 4.39 Å². The SMILES string of the molecule is FCC1CCCN(c2cc[nH]c3cnc4nccc4c23)C1. The number of alkyl halides is 1. The summed E-state index contributed by atoms with van der Waals surface area (Å²) in [7, 11) is 0. The summed E-state index contributed by atoms with van der Waals surface area (Å²) < 4.78 is 13.0. The van der Waals surface area contributed by atoms with Crippen molar-refractivity contribution in [1.82, 2.24) is 15.0 Å². The lowest BCUT2D eigenvalue weighted by Crippen LogP contribution is -2.36. The second-order valence-corrected chi connectivity index (χ2v) is 5.70. The maximum absolute atomic E-state index is 13.0. The highest BCUT2D eigenvalue weighted by Gasteiger charge is 2.22. The number of piperidine rings is 1. The first-order chi connectivity index (χ1) is 10.4. The van der Waals surface area contributed by atoms with E-state index in [0.717, 1.165) is 53.6 Å². The molecule has 0 amide bonds. The van der Waals surface area contributed by atoms with Gasteiger partial charge in [-0.15, -0.1) is 0 Å². The maximum atomic E-state index is 13.0. The van der Waals surface area contributed by atoms with Crippen molar-refractivity contribution in [3.8, 4) is 0 Å². The van der Waals surface area contributed by atoms with E-state index in [-0.39, 0.29) is 12.6 Å². The molecule has 0 aromatic carbocycles. The molecule has 1 saturated heterocycles. The van der Waals surface area contributed by atoms with Gasteiger partial charge in [0, 0.05) is 47.9 Å². The molecule has 0 saturated carbocycles. The fourth-order valence-corrected chi connectivity index (χ4v) is 3.31. The normalized spacial score (nSPS) is 19.5. The molecular weight excluding hydrogens is 267 g/mol. The lowest BCUT2D eigenvalue weighted by Gasteiger charge is -2.34. The van der Waals surface area contributed by atoms with Crippen molar-refractivity contribution in [2.45, 2.75) is 12.8 Å². The van der Waals surface area contributed by atoms with E-state index in [2.05, 4.69) is 25.9 Å². The molecule has 1 unspecified atom stereocenters. The number of nitrogens with one attached hydrogen (secondary N) is 1. The molecule has 5 heteroatoms. The van der Waals surface area contributed by atoms with Crippen LogP contribution in [0.2, 0.25) is 0 Å². The van der Waals surface area contributed by atoms with Crippen LogP contribution >= 0.6 is 0 Å². The molecule has 1 aliphatic rings. The first kappa shape index (κ1) is 12.6. The minimum absolute atomic E-state index is 0.146. The van der Waals surface area contributed by atoms with Crippen molar-refractivity contribution in [3.63, 3.8) is 0 Å². The van der Waals surface area contributed by atoms with Crippen LogP contribution in [0.15, 0.2) is 30.7 Å². The Morgan fingerprint density at radius 1 is 1.33 bits per heavy atom.